The summed E-state index contributed by atoms with van der Waals surface area (Å²) < 4.78 is 24.2. The van der Waals surface area contributed by atoms with Crippen LogP contribution >= 0.6 is 0 Å². The highest BCUT2D eigenvalue weighted by Gasteiger charge is 2.16. The summed E-state index contributed by atoms with van der Waals surface area (Å²) in [6.45, 7) is 4.40. The Kier molecular flexibility index (Phi) is 6.50. The largest absolute Gasteiger partial charge is 0.492 e. The summed E-state index contributed by atoms with van der Waals surface area (Å²) in [5.74, 6) is 5.76. The first-order valence-electron chi connectivity index (χ1n) is 6.56. The van der Waals surface area contributed by atoms with Crippen LogP contribution < -0.4 is 4.74 Å². The van der Waals surface area contributed by atoms with E-state index in [9.17, 15) is 4.39 Å². The van der Waals surface area contributed by atoms with Gasteiger partial charge in [0.1, 0.15) is 11.6 Å². The Morgan fingerprint density at radius 2 is 2.10 bits per heavy atom. The van der Waals surface area contributed by atoms with E-state index in [1.165, 1.54) is 12.1 Å². The van der Waals surface area contributed by atoms with Gasteiger partial charge in [0, 0.05) is 20.0 Å². The standard InChI is InChI=1S/C16H21FO3/c1-16(2,19-3)9-11-20-15-8-7-14(17)12-13(15)6-4-5-10-18/h7-8,12,18H,5,9-11H2,1-3H3. The van der Waals surface area contributed by atoms with Crippen LogP contribution in [0.5, 0.6) is 5.75 Å². The molecule has 0 aliphatic heterocycles. The van der Waals surface area contributed by atoms with Gasteiger partial charge in [0.25, 0.3) is 0 Å². The van der Waals surface area contributed by atoms with Crippen LogP contribution in [0.3, 0.4) is 0 Å². The van der Waals surface area contributed by atoms with Crippen LogP contribution in [0.4, 0.5) is 4.39 Å². The molecule has 3 nitrogen and oxygen atoms in total. The zero-order valence-corrected chi connectivity index (χ0v) is 12.2. The summed E-state index contributed by atoms with van der Waals surface area (Å²) >= 11 is 0. The molecule has 20 heavy (non-hydrogen) atoms. The Balaban J connectivity index is 2.72. The number of aliphatic hydroxyl groups is 1. The van der Waals surface area contributed by atoms with Crippen LogP contribution in [-0.2, 0) is 4.74 Å². The van der Waals surface area contributed by atoms with Gasteiger partial charge in [0.05, 0.1) is 24.4 Å². The molecule has 0 spiro atoms. The van der Waals surface area contributed by atoms with Gasteiger partial charge in [-0.1, -0.05) is 11.8 Å². The van der Waals surface area contributed by atoms with Gasteiger partial charge in [-0.3, -0.25) is 0 Å². The fraction of sp³-hybridized carbons (Fsp3) is 0.500. The molecule has 110 valence electrons. The van der Waals surface area contributed by atoms with E-state index in [2.05, 4.69) is 11.8 Å². The van der Waals surface area contributed by atoms with E-state index in [1.54, 1.807) is 13.2 Å². The molecule has 0 saturated carbocycles. The lowest BCUT2D eigenvalue weighted by atomic mass is 10.1. The van der Waals surface area contributed by atoms with Crippen molar-refractivity contribution in [2.24, 2.45) is 0 Å². The van der Waals surface area contributed by atoms with Crippen LogP contribution in [-0.4, -0.2) is 31.0 Å². The van der Waals surface area contributed by atoms with E-state index in [0.29, 0.717) is 30.8 Å². The lowest BCUT2D eigenvalue weighted by molar-refractivity contribution is 0.00542. The molecule has 0 aliphatic carbocycles. The van der Waals surface area contributed by atoms with Crippen LogP contribution in [0, 0.1) is 17.7 Å². The lowest BCUT2D eigenvalue weighted by Crippen LogP contribution is -2.25. The molecule has 0 bridgehead atoms. The molecule has 1 rings (SSSR count). The summed E-state index contributed by atoms with van der Waals surface area (Å²) in [6, 6.07) is 4.24. The van der Waals surface area contributed by atoms with Crippen molar-refractivity contribution in [3.63, 3.8) is 0 Å². The highest BCUT2D eigenvalue weighted by Crippen LogP contribution is 2.20. The molecule has 0 aromatic heterocycles. The van der Waals surface area contributed by atoms with E-state index in [4.69, 9.17) is 14.6 Å². The first-order valence-corrected chi connectivity index (χ1v) is 6.56. The maximum absolute atomic E-state index is 13.2. The van der Waals surface area contributed by atoms with Crippen molar-refractivity contribution in [2.75, 3.05) is 20.3 Å². The second kappa shape index (κ2) is 7.88. The van der Waals surface area contributed by atoms with Crippen molar-refractivity contribution < 1.29 is 19.0 Å². The molecule has 1 aromatic rings. The minimum absolute atomic E-state index is 0.0134. The predicted molar refractivity (Wildman–Crippen MR) is 76.2 cm³/mol. The second-order valence-corrected chi connectivity index (χ2v) is 4.98. The molecule has 0 aliphatic rings. The molecule has 1 N–H and O–H groups in total. The van der Waals surface area contributed by atoms with Crippen LogP contribution in [0.15, 0.2) is 18.2 Å². The Labute approximate surface area is 119 Å². The Morgan fingerprint density at radius 1 is 1.35 bits per heavy atom. The maximum atomic E-state index is 13.2. The Bertz CT molecular complexity index is 486. The third kappa shape index (κ3) is 5.60. The molecule has 0 atom stereocenters. The molecule has 0 radical (unpaired) electrons. The highest BCUT2D eigenvalue weighted by molar-refractivity contribution is 5.46. The fourth-order valence-electron chi connectivity index (χ4n) is 1.45. The van der Waals surface area contributed by atoms with Gasteiger partial charge in [-0.15, -0.1) is 0 Å². The summed E-state index contributed by atoms with van der Waals surface area (Å²) in [6.07, 6.45) is 1.07. The van der Waals surface area contributed by atoms with E-state index in [1.807, 2.05) is 13.8 Å². The van der Waals surface area contributed by atoms with Crippen molar-refractivity contribution in [2.45, 2.75) is 32.3 Å². The van der Waals surface area contributed by atoms with Gasteiger partial charge in [-0.2, -0.15) is 0 Å². The van der Waals surface area contributed by atoms with Gasteiger partial charge < -0.3 is 14.6 Å². The maximum Gasteiger partial charge on any atom is 0.135 e. The van der Waals surface area contributed by atoms with Gasteiger partial charge in [0.15, 0.2) is 0 Å². The summed E-state index contributed by atoms with van der Waals surface area (Å²) in [5, 5.41) is 8.70. The molecule has 0 heterocycles. The average molecular weight is 280 g/mol. The number of halogens is 1. The first-order chi connectivity index (χ1) is 9.48. The van der Waals surface area contributed by atoms with Crippen molar-refractivity contribution in [3.05, 3.63) is 29.6 Å². The Morgan fingerprint density at radius 3 is 2.75 bits per heavy atom. The van der Waals surface area contributed by atoms with Gasteiger partial charge in [-0.05, 0) is 32.0 Å². The van der Waals surface area contributed by atoms with Crippen molar-refractivity contribution >= 4 is 0 Å². The number of hydrogen-bond donors (Lipinski definition) is 1. The lowest BCUT2D eigenvalue weighted by Gasteiger charge is -2.22. The van der Waals surface area contributed by atoms with E-state index < -0.39 is 0 Å². The zero-order valence-electron chi connectivity index (χ0n) is 12.2. The van der Waals surface area contributed by atoms with Crippen LogP contribution in [0.25, 0.3) is 0 Å². The molecule has 0 fully saturated rings. The number of benzene rings is 1. The average Bonchev–Trinajstić information content (AvgIpc) is 2.41. The third-order valence-electron chi connectivity index (χ3n) is 2.92. The molecule has 0 saturated heterocycles. The highest BCUT2D eigenvalue weighted by atomic mass is 19.1. The van der Waals surface area contributed by atoms with Crippen molar-refractivity contribution in [1.82, 2.24) is 0 Å². The van der Waals surface area contributed by atoms with Gasteiger partial charge >= 0.3 is 0 Å². The first kappa shape index (κ1) is 16.5. The number of methoxy groups -OCH3 is 1. The molecular formula is C16H21FO3. The van der Waals surface area contributed by atoms with E-state index >= 15 is 0 Å². The minimum Gasteiger partial charge on any atom is -0.492 e. The zero-order chi connectivity index (χ0) is 15.0. The molecular weight excluding hydrogens is 259 g/mol. The van der Waals surface area contributed by atoms with Gasteiger partial charge in [-0.25, -0.2) is 4.39 Å². The quantitative estimate of drug-likeness (QED) is 0.814. The fourth-order valence-corrected chi connectivity index (χ4v) is 1.45. The summed E-state index contributed by atoms with van der Waals surface area (Å²) in [5.41, 5.74) is 0.233. The van der Waals surface area contributed by atoms with Crippen LogP contribution in [0.1, 0.15) is 32.3 Å². The topological polar surface area (TPSA) is 38.7 Å². The summed E-state index contributed by atoms with van der Waals surface area (Å²) in [7, 11) is 1.66. The van der Waals surface area contributed by atoms with Crippen molar-refractivity contribution in [1.29, 1.82) is 0 Å². The Hall–Kier alpha value is -1.57. The van der Waals surface area contributed by atoms with Gasteiger partial charge in [0.2, 0.25) is 0 Å². The normalized spacial score (nSPS) is 10.8. The second-order valence-electron chi connectivity index (χ2n) is 4.98. The molecule has 1 aromatic carbocycles. The van der Waals surface area contributed by atoms with E-state index in [0.717, 1.165) is 0 Å². The smallest absolute Gasteiger partial charge is 0.135 e. The minimum atomic E-state index is -0.358. The van der Waals surface area contributed by atoms with Crippen molar-refractivity contribution in [3.8, 4) is 17.6 Å². The predicted octanol–water partition coefficient (Wildman–Crippen LogP) is 2.75. The summed E-state index contributed by atoms with van der Waals surface area (Å²) in [4.78, 5) is 0. The van der Waals surface area contributed by atoms with Crippen LogP contribution in [0.2, 0.25) is 0 Å². The monoisotopic (exact) mass is 280 g/mol. The molecule has 0 amide bonds. The molecule has 0 unspecified atom stereocenters. The number of rotatable bonds is 6. The molecule has 4 heteroatoms. The third-order valence-corrected chi connectivity index (χ3v) is 2.92. The van der Waals surface area contributed by atoms with E-state index in [-0.39, 0.29) is 18.0 Å². The number of ether oxygens (including phenoxy) is 2. The SMILES string of the molecule is COC(C)(C)CCOc1ccc(F)cc1C#CCCO. The number of hydrogen-bond acceptors (Lipinski definition) is 3. The number of aliphatic hydroxyl groups excluding tert-OH is 1.